The molecule has 0 spiro atoms. The molecule has 6 rings (SSSR count). The zero-order chi connectivity index (χ0) is 23.9. The van der Waals surface area contributed by atoms with Crippen molar-refractivity contribution in [2.75, 3.05) is 5.32 Å². The normalized spacial score (nSPS) is 13.1. The first kappa shape index (κ1) is 22.3. The van der Waals surface area contributed by atoms with E-state index < -0.39 is 0 Å². The van der Waals surface area contributed by atoms with Gasteiger partial charge in [0, 0.05) is 34.0 Å². The first-order valence-electron chi connectivity index (χ1n) is 12.1. The summed E-state index contributed by atoms with van der Waals surface area (Å²) in [4.78, 5) is 0.741. The lowest BCUT2D eigenvalue weighted by atomic mass is 9.98. The lowest BCUT2D eigenvalue weighted by Gasteiger charge is -2.12. The Morgan fingerprint density at radius 2 is 1.63 bits per heavy atom. The first-order valence-corrected chi connectivity index (χ1v) is 13.3. The first-order chi connectivity index (χ1) is 17.1. The number of thiocarbonyl (C=S) groups is 1. The topological polar surface area (TPSA) is 21.4 Å². The molecule has 0 unspecified atom stereocenters. The van der Waals surface area contributed by atoms with Crippen molar-refractivity contribution < 1.29 is 0 Å². The summed E-state index contributed by atoms with van der Waals surface area (Å²) in [5, 5.41) is 3.53. The van der Waals surface area contributed by atoms with Gasteiger partial charge in [-0.1, -0.05) is 88.3 Å². The van der Waals surface area contributed by atoms with Crippen LogP contribution < -0.4 is 5.32 Å². The van der Waals surface area contributed by atoms with Crippen LogP contribution in [0.2, 0.25) is 0 Å². The van der Waals surface area contributed by atoms with Crippen molar-refractivity contribution in [2.24, 2.45) is 0 Å². The molecule has 0 atom stereocenters. The Bertz CT molecular complexity index is 1530. The van der Waals surface area contributed by atoms with Gasteiger partial charge in [-0.15, -0.1) is 0 Å². The fraction of sp³-hybridized carbons (Fsp3) is 0.167. The van der Waals surface area contributed by atoms with E-state index in [4.69, 9.17) is 12.2 Å². The van der Waals surface area contributed by atoms with Crippen LogP contribution in [0.5, 0.6) is 0 Å². The maximum Gasteiger partial charge on any atom is 0.128 e. The Labute approximate surface area is 219 Å². The van der Waals surface area contributed by atoms with Gasteiger partial charge in [0.25, 0.3) is 0 Å². The zero-order valence-electron chi connectivity index (χ0n) is 19.6. The number of anilines is 1. The van der Waals surface area contributed by atoms with Crippen molar-refractivity contribution in [3.63, 3.8) is 0 Å². The molecule has 3 heterocycles. The summed E-state index contributed by atoms with van der Waals surface area (Å²) >= 11 is 9.71. The average Bonchev–Trinajstić information content (AvgIpc) is 3.29. The molecule has 1 aliphatic rings. The summed E-state index contributed by atoms with van der Waals surface area (Å²) in [6, 6.07) is 27.7. The predicted octanol–water partition coefficient (Wildman–Crippen LogP) is 8.27. The Hall–Kier alpha value is -3.15. The summed E-state index contributed by atoms with van der Waals surface area (Å²) in [7, 11) is 0. The number of aromatic nitrogens is 2. The van der Waals surface area contributed by atoms with Crippen LogP contribution in [0.25, 0.3) is 28.0 Å². The van der Waals surface area contributed by atoms with Crippen molar-refractivity contribution >= 4 is 44.5 Å². The monoisotopic (exact) mass is 539 g/mol. The van der Waals surface area contributed by atoms with E-state index in [0.717, 1.165) is 40.2 Å². The van der Waals surface area contributed by atoms with E-state index in [1.807, 2.05) is 0 Å². The van der Waals surface area contributed by atoms with Gasteiger partial charge in [0.1, 0.15) is 10.6 Å². The van der Waals surface area contributed by atoms with Crippen LogP contribution in [0.1, 0.15) is 29.7 Å². The molecule has 0 bridgehead atoms. The van der Waals surface area contributed by atoms with Gasteiger partial charge in [-0.25, -0.2) is 0 Å². The number of hydrogen-bond donors (Lipinski definition) is 1. The smallest absolute Gasteiger partial charge is 0.128 e. The van der Waals surface area contributed by atoms with Crippen molar-refractivity contribution in [3.8, 4) is 22.4 Å². The van der Waals surface area contributed by atoms with Crippen LogP contribution in [-0.4, -0.2) is 14.0 Å². The van der Waals surface area contributed by atoms with Crippen LogP contribution in [-0.2, 0) is 13.0 Å². The molecule has 1 aliphatic heterocycles. The Morgan fingerprint density at radius 3 is 2.37 bits per heavy atom. The number of nitrogens with zero attached hydrogens (tertiary/aromatic N) is 2. The second-order valence-corrected chi connectivity index (χ2v) is 10.5. The van der Waals surface area contributed by atoms with E-state index in [2.05, 4.69) is 122 Å². The van der Waals surface area contributed by atoms with E-state index in [1.165, 1.54) is 45.6 Å². The van der Waals surface area contributed by atoms with Gasteiger partial charge in [0.05, 0.1) is 11.4 Å². The second kappa shape index (κ2) is 9.14. The van der Waals surface area contributed by atoms with Crippen LogP contribution >= 0.6 is 28.1 Å². The van der Waals surface area contributed by atoms with Gasteiger partial charge in [-0.2, -0.15) is 0 Å². The fourth-order valence-corrected chi connectivity index (χ4v) is 5.79. The lowest BCUT2D eigenvalue weighted by molar-refractivity contribution is 0.647. The van der Waals surface area contributed by atoms with Gasteiger partial charge < -0.3 is 9.88 Å². The van der Waals surface area contributed by atoms with E-state index in [1.54, 1.807) is 0 Å². The quantitative estimate of drug-likeness (QED) is 0.232. The third kappa shape index (κ3) is 4.03. The van der Waals surface area contributed by atoms with Crippen molar-refractivity contribution in [1.29, 1.82) is 0 Å². The summed E-state index contributed by atoms with van der Waals surface area (Å²) in [6.07, 6.45) is 5.65. The molecule has 35 heavy (non-hydrogen) atoms. The molecule has 2 aromatic heterocycles. The molecule has 3 nitrogen and oxygen atoms in total. The minimum atomic E-state index is 0.741. The number of halogens is 1. The lowest BCUT2D eigenvalue weighted by Crippen LogP contribution is -2.14. The van der Waals surface area contributed by atoms with Gasteiger partial charge in [-0.3, -0.25) is 4.40 Å². The van der Waals surface area contributed by atoms with E-state index in [0.29, 0.717) is 0 Å². The summed E-state index contributed by atoms with van der Waals surface area (Å²) in [5.74, 6) is 0. The molecule has 0 radical (unpaired) electrons. The largest absolute Gasteiger partial charge is 0.345 e. The highest BCUT2D eigenvalue weighted by Gasteiger charge is 2.28. The molecule has 3 aromatic carbocycles. The molecule has 1 N–H and O–H groups in total. The standard InChI is InChI=1S/C30H26BrN3S/c1-20-10-16-24(17-11-20)32-29(35)28-27(22-12-14-23(31)15-13-22)25-9-5-6-18-33-26(19-34(28)30(25)33)21-7-3-2-4-8-21/h2-4,7-8,10-17,19H,5-6,9,18H2,1H3,(H,32,35). The number of imidazole rings is 1. The number of benzene rings is 3. The molecule has 0 fully saturated rings. The minimum absolute atomic E-state index is 0.741. The highest BCUT2D eigenvalue weighted by molar-refractivity contribution is 9.10. The summed E-state index contributed by atoms with van der Waals surface area (Å²) < 4.78 is 5.91. The van der Waals surface area contributed by atoms with Crippen molar-refractivity contribution in [2.45, 2.75) is 32.7 Å². The van der Waals surface area contributed by atoms with E-state index in [9.17, 15) is 0 Å². The SMILES string of the molecule is Cc1ccc(NC(=S)c2c(-c3ccc(Br)cc3)c3c4n(c(-c5ccccc5)cn24)CCCC3)cc1. The molecule has 0 amide bonds. The number of hydrogen-bond acceptors (Lipinski definition) is 1. The molecular formula is C30H26BrN3S. The molecule has 5 aromatic rings. The predicted molar refractivity (Wildman–Crippen MR) is 153 cm³/mol. The maximum absolute atomic E-state index is 6.11. The molecule has 0 aliphatic carbocycles. The highest BCUT2D eigenvalue weighted by Crippen LogP contribution is 2.40. The third-order valence-corrected chi connectivity index (χ3v) is 7.68. The van der Waals surface area contributed by atoms with Crippen LogP contribution in [0.3, 0.4) is 0 Å². The van der Waals surface area contributed by atoms with Crippen LogP contribution in [0, 0.1) is 6.92 Å². The molecule has 0 saturated heterocycles. The number of nitrogens with one attached hydrogen (secondary N) is 1. The molecule has 5 heteroatoms. The molecule has 174 valence electrons. The second-order valence-electron chi connectivity index (χ2n) is 9.21. The fourth-order valence-electron chi connectivity index (χ4n) is 5.20. The van der Waals surface area contributed by atoms with Gasteiger partial charge in [0.2, 0.25) is 0 Å². The molecule has 0 saturated carbocycles. The average molecular weight is 541 g/mol. The molecular weight excluding hydrogens is 514 g/mol. The van der Waals surface area contributed by atoms with Crippen LogP contribution in [0.15, 0.2) is 89.5 Å². The highest BCUT2D eigenvalue weighted by atomic mass is 79.9. The zero-order valence-corrected chi connectivity index (χ0v) is 22.0. The number of aryl methyl sites for hydroxylation is 3. The number of rotatable bonds is 4. The van der Waals surface area contributed by atoms with Crippen molar-refractivity contribution in [1.82, 2.24) is 8.97 Å². The van der Waals surface area contributed by atoms with Crippen LogP contribution in [0.4, 0.5) is 5.69 Å². The Balaban J connectivity index is 1.60. The Kier molecular flexibility index (Phi) is 5.83. The summed E-state index contributed by atoms with van der Waals surface area (Å²) in [6.45, 7) is 3.11. The third-order valence-electron chi connectivity index (χ3n) is 6.86. The maximum atomic E-state index is 6.11. The van der Waals surface area contributed by atoms with Crippen molar-refractivity contribution in [3.05, 3.63) is 106 Å². The minimum Gasteiger partial charge on any atom is -0.345 e. The van der Waals surface area contributed by atoms with Gasteiger partial charge in [-0.05, 0) is 61.6 Å². The van der Waals surface area contributed by atoms with E-state index in [-0.39, 0.29) is 0 Å². The van der Waals surface area contributed by atoms with E-state index >= 15 is 0 Å². The van der Waals surface area contributed by atoms with Gasteiger partial charge >= 0.3 is 0 Å². The summed E-state index contributed by atoms with van der Waals surface area (Å²) in [5.41, 5.74) is 10.9. The Morgan fingerprint density at radius 1 is 0.886 bits per heavy atom. The van der Waals surface area contributed by atoms with Gasteiger partial charge in [0.15, 0.2) is 0 Å².